The fraction of sp³-hybridized carbons (Fsp3) is 0.538. The number of anilines is 2. The van der Waals surface area contributed by atoms with Crippen molar-refractivity contribution in [1.82, 2.24) is 4.72 Å². The van der Waals surface area contributed by atoms with Gasteiger partial charge in [0.1, 0.15) is 4.90 Å². The van der Waals surface area contributed by atoms with Crippen LogP contribution in [0.5, 0.6) is 0 Å². The number of nitrogens with one attached hydrogen (secondary N) is 1. The molecule has 0 aliphatic heterocycles. The SMILES string of the molecule is CNS(=O)(=O)c1ccc(N(C)CCCCCO)cc1N. The van der Waals surface area contributed by atoms with Crippen molar-refractivity contribution in [2.24, 2.45) is 0 Å². The van der Waals surface area contributed by atoms with Crippen molar-refractivity contribution in [2.75, 3.05) is 37.9 Å². The van der Waals surface area contributed by atoms with Gasteiger partial charge in [0.2, 0.25) is 10.0 Å². The first kappa shape index (κ1) is 16.7. The van der Waals surface area contributed by atoms with Crippen LogP contribution >= 0.6 is 0 Å². The Morgan fingerprint density at radius 2 is 2.00 bits per heavy atom. The van der Waals surface area contributed by atoms with Crippen molar-refractivity contribution in [1.29, 1.82) is 0 Å². The van der Waals surface area contributed by atoms with E-state index in [1.54, 1.807) is 12.1 Å². The zero-order valence-electron chi connectivity index (χ0n) is 12.0. The summed E-state index contributed by atoms with van der Waals surface area (Å²) in [6.07, 6.45) is 2.73. The number of unbranched alkanes of at least 4 members (excludes halogenated alkanes) is 2. The van der Waals surface area contributed by atoms with E-state index in [1.807, 2.05) is 11.9 Å². The molecule has 0 saturated heterocycles. The second kappa shape index (κ2) is 7.47. The fourth-order valence-electron chi connectivity index (χ4n) is 1.89. The molecule has 0 heterocycles. The molecule has 0 atom stereocenters. The van der Waals surface area contributed by atoms with Gasteiger partial charge in [0, 0.05) is 25.9 Å². The standard InChI is InChI=1S/C13H23N3O3S/c1-15-20(18,19)13-7-6-11(10-12(13)14)16(2)8-4-3-5-9-17/h6-7,10,15,17H,3-5,8-9,14H2,1-2H3. The molecule has 1 aromatic rings. The third-order valence-corrected chi connectivity index (χ3v) is 4.63. The lowest BCUT2D eigenvalue weighted by Gasteiger charge is -2.20. The van der Waals surface area contributed by atoms with Crippen molar-refractivity contribution in [2.45, 2.75) is 24.2 Å². The van der Waals surface area contributed by atoms with Gasteiger partial charge < -0.3 is 15.7 Å². The van der Waals surface area contributed by atoms with Crippen LogP contribution in [0.25, 0.3) is 0 Å². The summed E-state index contributed by atoms with van der Waals surface area (Å²) in [4.78, 5) is 2.11. The van der Waals surface area contributed by atoms with E-state index in [0.29, 0.717) is 0 Å². The smallest absolute Gasteiger partial charge is 0.242 e. The molecule has 0 fully saturated rings. The first-order chi connectivity index (χ1) is 9.42. The molecular weight excluding hydrogens is 278 g/mol. The summed E-state index contributed by atoms with van der Waals surface area (Å²) in [6, 6.07) is 4.92. The predicted octanol–water partition coefficient (Wildman–Crippen LogP) is 0.776. The molecule has 0 aliphatic rings. The number of benzene rings is 1. The summed E-state index contributed by atoms with van der Waals surface area (Å²) in [5.74, 6) is 0. The van der Waals surface area contributed by atoms with Crippen molar-refractivity contribution < 1.29 is 13.5 Å². The second-order valence-electron chi connectivity index (χ2n) is 4.64. The first-order valence-corrected chi connectivity index (χ1v) is 8.05. The number of nitrogens with zero attached hydrogens (tertiary/aromatic N) is 1. The molecule has 0 aromatic heterocycles. The molecule has 4 N–H and O–H groups in total. The number of nitrogen functional groups attached to an aromatic ring is 1. The van der Waals surface area contributed by atoms with Crippen molar-refractivity contribution in [3.8, 4) is 0 Å². The van der Waals surface area contributed by atoms with Gasteiger partial charge in [0.15, 0.2) is 0 Å². The van der Waals surface area contributed by atoms with Crippen LogP contribution in [-0.4, -0.2) is 40.8 Å². The monoisotopic (exact) mass is 301 g/mol. The highest BCUT2D eigenvalue weighted by molar-refractivity contribution is 7.89. The van der Waals surface area contributed by atoms with Crippen LogP contribution in [-0.2, 0) is 10.0 Å². The van der Waals surface area contributed by atoms with E-state index >= 15 is 0 Å². The molecule has 0 unspecified atom stereocenters. The van der Waals surface area contributed by atoms with Crippen molar-refractivity contribution >= 4 is 21.4 Å². The Kier molecular flexibility index (Phi) is 6.25. The zero-order valence-corrected chi connectivity index (χ0v) is 12.8. The molecule has 0 aliphatic carbocycles. The van der Waals surface area contributed by atoms with E-state index in [-0.39, 0.29) is 17.2 Å². The molecule has 0 spiro atoms. The van der Waals surface area contributed by atoms with Gasteiger partial charge >= 0.3 is 0 Å². The molecular formula is C13H23N3O3S. The Morgan fingerprint density at radius 3 is 2.55 bits per heavy atom. The van der Waals surface area contributed by atoms with Gasteiger partial charge in [-0.15, -0.1) is 0 Å². The highest BCUT2D eigenvalue weighted by atomic mass is 32.2. The second-order valence-corrected chi connectivity index (χ2v) is 6.49. The van der Waals surface area contributed by atoms with Gasteiger partial charge in [-0.05, 0) is 44.5 Å². The van der Waals surface area contributed by atoms with Crippen LogP contribution in [0.3, 0.4) is 0 Å². The lowest BCUT2D eigenvalue weighted by molar-refractivity contribution is 0.283. The van der Waals surface area contributed by atoms with Crippen LogP contribution in [0.1, 0.15) is 19.3 Å². The number of nitrogens with two attached hydrogens (primary N) is 1. The molecule has 1 rings (SSSR count). The van der Waals surface area contributed by atoms with Gasteiger partial charge in [-0.2, -0.15) is 0 Å². The van der Waals surface area contributed by atoms with Gasteiger partial charge in [-0.25, -0.2) is 13.1 Å². The maximum Gasteiger partial charge on any atom is 0.242 e. The lowest BCUT2D eigenvalue weighted by atomic mass is 10.2. The third-order valence-electron chi connectivity index (χ3n) is 3.14. The molecule has 7 heteroatoms. The van der Waals surface area contributed by atoms with Gasteiger partial charge in [0.25, 0.3) is 0 Å². The lowest BCUT2D eigenvalue weighted by Crippen LogP contribution is -2.21. The van der Waals surface area contributed by atoms with E-state index in [2.05, 4.69) is 4.72 Å². The Balaban J connectivity index is 2.77. The van der Waals surface area contributed by atoms with Gasteiger partial charge in [-0.1, -0.05) is 0 Å². The number of hydrogen-bond donors (Lipinski definition) is 3. The van der Waals surface area contributed by atoms with Crippen molar-refractivity contribution in [3.05, 3.63) is 18.2 Å². The molecule has 114 valence electrons. The van der Waals surface area contributed by atoms with Crippen LogP contribution in [0.2, 0.25) is 0 Å². The molecule has 20 heavy (non-hydrogen) atoms. The average molecular weight is 301 g/mol. The average Bonchev–Trinajstić information content (AvgIpc) is 2.43. The molecule has 0 bridgehead atoms. The predicted molar refractivity (Wildman–Crippen MR) is 81.3 cm³/mol. The van der Waals surface area contributed by atoms with Crippen LogP contribution in [0.15, 0.2) is 23.1 Å². The molecule has 0 saturated carbocycles. The zero-order chi connectivity index (χ0) is 15.2. The van der Waals surface area contributed by atoms with Crippen LogP contribution < -0.4 is 15.4 Å². The topological polar surface area (TPSA) is 95.7 Å². The maximum absolute atomic E-state index is 11.7. The largest absolute Gasteiger partial charge is 0.398 e. The normalized spacial score (nSPS) is 11.6. The van der Waals surface area contributed by atoms with E-state index in [1.165, 1.54) is 13.1 Å². The number of sulfonamides is 1. The maximum atomic E-state index is 11.7. The minimum Gasteiger partial charge on any atom is -0.398 e. The Labute approximate surface area is 120 Å². The number of rotatable bonds is 8. The van der Waals surface area contributed by atoms with E-state index < -0.39 is 10.0 Å². The van der Waals surface area contributed by atoms with Crippen LogP contribution in [0, 0.1) is 0 Å². The molecule has 0 radical (unpaired) electrons. The molecule has 0 amide bonds. The van der Waals surface area contributed by atoms with E-state index in [9.17, 15) is 8.42 Å². The quantitative estimate of drug-likeness (QED) is 0.487. The van der Waals surface area contributed by atoms with E-state index in [0.717, 1.165) is 31.5 Å². The highest BCUT2D eigenvalue weighted by Crippen LogP contribution is 2.24. The summed E-state index contributed by atoms with van der Waals surface area (Å²) in [6.45, 7) is 1.05. The minimum atomic E-state index is -3.52. The summed E-state index contributed by atoms with van der Waals surface area (Å²) >= 11 is 0. The third kappa shape index (κ3) is 4.36. The number of aliphatic hydroxyl groups excluding tert-OH is 1. The summed E-state index contributed by atoms with van der Waals surface area (Å²) < 4.78 is 25.7. The number of aliphatic hydroxyl groups is 1. The summed E-state index contributed by atoms with van der Waals surface area (Å²) in [7, 11) is -0.229. The van der Waals surface area contributed by atoms with Crippen LogP contribution in [0.4, 0.5) is 11.4 Å². The first-order valence-electron chi connectivity index (χ1n) is 6.57. The van der Waals surface area contributed by atoms with Gasteiger partial charge in [0.05, 0.1) is 5.69 Å². The van der Waals surface area contributed by atoms with Gasteiger partial charge in [-0.3, -0.25) is 0 Å². The van der Waals surface area contributed by atoms with E-state index in [4.69, 9.17) is 10.8 Å². The summed E-state index contributed by atoms with van der Waals surface area (Å²) in [5.41, 5.74) is 6.93. The molecule has 1 aromatic carbocycles. The highest BCUT2D eigenvalue weighted by Gasteiger charge is 2.15. The molecule has 6 nitrogen and oxygen atoms in total. The Morgan fingerprint density at radius 1 is 1.30 bits per heavy atom. The number of hydrogen-bond acceptors (Lipinski definition) is 5. The Hall–Kier alpha value is -1.31. The van der Waals surface area contributed by atoms with Crippen molar-refractivity contribution in [3.63, 3.8) is 0 Å². The fourth-order valence-corrected chi connectivity index (χ4v) is 2.73. The summed E-state index contributed by atoms with van der Waals surface area (Å²) in [5, 5.41) is 8.72. The Bertz CT molecular complexity index is 532. The minimum absolute atomic E-state index is 0.0948.